The highest BCUT2D eigenvalue weighted by Crippen LogP contribution is 2.30. The fraction of sp³-hybridized carbons (Fsp3) is 0.111. The molecule has 1 aromatic heterocycles. The van der Waals surface area contributed by atoms with Crippen LogP contribution in [0.1, 0.15) is 16.7 Å². The monoisotopic (exact) mass is 409 g/mol. The maximum Gasteiger partial charge on any atom is 0.233 e. The molecule has 0 bridgehead atoms. The number of nitriles is 1. The molecule has 7 nitrogen and oxygen atoms in total. The van der Waals surface area contributed by atoms with Gasteiger partial charge in [0.2, 0.25) is 17.8 Å². The molecule has 3 rings (SSSR count). The second-order valence-electron chi connectivity index (χ2n) is 5.72. The predicted molar refractivity (Wildman–Crippen MR) is 106 cm³/mol. The Hall–Kier alpha value is -3.18. The number of nitrogens with zero attached hydrogens (tertiary/aromatic N) is 4. The Labute approximate surface area is 159 Å². The van der Waals surface area contributed by atoms with Gasteiger partial charge >= 0.3 is 0 Å². The first-order valence-corrected chi connectivity index (χ1v) is 8.56. The largest absolute Gasteiger partial charge is 0.368 e. The van der Waals surface area contributed by atoms with Crippen molar-refractivity contribution in [3.05, 3.63) is 57.6 Å². The molecule has 130 valence electrons. The molecule has 3 aromatic rings. The minimum atomic E-state index is 0.0968. The molecule has 0 fully saturated rings. The van der Waals surface area contributed by atoms with E-state index >= 15 is 0 Å². The summed E-state index contributed by atoms with van der Waals surface area (Å²) in [5.74, 6) is 0.742. The van der Waals surface area contributed by atoms with E-state index in [9.17, 15) is 0 Å². The molecule has 0 saturated carbocycles. The zero-order valence-corrected chi connectivity index (χ0v) is 15.8. The van der Waals surface area contributed by atoms with Crippen LogP contribution in [0.2, 0.25) is 0 Å². The van der Waals surface area contributed by atoms with Crippen LogP contribution in [0.25, 0.3) is 0 Å². The lowest BCUT2D eigenvalue weighted by Crippen LogP contribution is -2.07. The standard InChI is InChI=1S/C18H16BrN7/c1-10-7-11(2)15(14(19)8-10)23-18-25-16(21)24-17(26-18)22-13-5-3-12(9-20)4-6-13/h3-8H,1-2H3,(H4,21,22,23,24,25,26). The summed E-state index contributed by atoms with van der Waals surface area (Å²) >= 11 is 3.55. The summed E-state index contributed by atoms with van der Waals surface area (Å²) in [5.41, 5.74) is 10.2. The molecule has 0 aliphatic heterocycles. The number of hydrogen-bond acceptors (Lipinski definition) is 7. The van der Waals surface area contributed by atoms with Gasteiger partial charge in [-0.3, -0.25) is 0 Å². The lowest BCUT2D eigenvalue weighted by atomic mass is 10.1. The zero-order chi connectivity index (χ0) is 18.7. The summed E-state index contributed by atoms with van der Waals surface area (Å²) in [6.07, 6.45) is 0. The average molecular weight is 410 g/mol. The van der Waals surface area contributed by atoms with Crippen LogP contribution in [0.5, 0.6) is 0 Å². The third-order valence-corrected chi connectivity index (χ3v) is 4.22. The number of benzene rings is 2. The van der Waals surface area contributed by atoms with Crippen LogP contribution in [0.15, 0.2) is 40.9 Å². The van der Waals surface area contributed by atoms with Crippen molar-refractivity contribution < 1.29 is 0 Å². The van der Waals surface area contributed by atoms with E-state index in [1.54, 1.807) is 24.3 Å². The Balaban J connectivity index is 1.87. The van der Waals surface area contributed by atoms with E-state index < -0.39 is 0 Å². The van der Waals surface area contributed by atoms with Crippen LogP contribution >= 0.6 is 15.9 Å². The van der Waals surface area contributed by atoms with Gasteiger partial charge in [0.15, 0.2) is 0 Å². The Morgan fingerprint density at radius 3 is 2.27 bits per heavy atom. The highest BCUT2D eigenvalue weighted by atomic mass is 79.9. The van der Waals surface area contributed by atoms with Gasteiger partial charge in [-0.2, -0.15) is 20.2 Å². The number of hydrogen-bond donors (Lipinski definition) is 3. The van der Waals surface area contributed by atoms with Gasteiger partial charge in [-0.1, -0.05) is 6.07 Å². The SMILES string of the molecule is Cc1cc(C)c(Nc2nc(N)nc(Nc3ccc(C#N)cc3)n2)c(Br)c1. The molecule has 0 aliphatic carbocycles. The van der Waals surface area contributed by atoms with Crippen molar-refractivity contribution in [3.63, 3.8) is 0 Å². The molecule has 0 aliphatic rings. The smallest absolute Gasteiger partial charge is 0.233 e. The molecule has 0 radical (unpaired) electrons. The van der Waals surface area contributed by atoms with Gasteiger partial charge < -0.3 is 16.4 Å². The quantitative estimate of drug-likeness (QED) is 0.591. The van der Waals surface area contributed by atoms with Crippen molar-refractivity contribution in [2.75, 3.05) is 16.4 Å². The van der Waals surface area contributed by atoms with Crippen molar-refractivity contribution in [3.8, 4) is 6.07 Å². The van der Waals surface area contributed by atoms with Crippen LogP contribution in [0, 0.1) is 25.2 Å². The number of anilines is 5. The highest BCUT2D eigenvalue weighted by molar-refractivity contribution is 9.10. The number of nitrogens with one attached hydrogen (secondary N) is 2. The van der Waals surface area contributed by atoms with E-state index in [1.165, 1.54) is 0 Å². The van der Waals surface area contributed by atoms with Gasteiger partial charge in [0, 0.05) is 10.2 Å². The molecule has 0 saturated heterocycles. The van der Waals surface area contributed by atoms with E-state index in [4.69, 9.17) is 11.0 Å². The van der Waals surface area contributed by atoms with Crippen molar-refractivity contribution in [2.45, 2.75) is 13.8 Å². The third kappa shape index (κ3) is 4.07. The number of nitrogen functional groups attached to an aromatic ring is 1. The Morgan fingerprint density at radius 2 is 1.65 bits per heavy atom. The van der Waals surface area contributed by atoms with Crippen molar-refractivity contribution in [2.24, 2.45) is 0 Å². The van der Waals surface area contributed by atoms with Crippen LogP contribution < -0.4 is 16.4 Å². The fourth-order valence-electron chi connectivity index (χ4n) is 2.45. The van der Waals surface area contributed by atoms with Gasteiger partial charge in [0.25, 0.3) is 0 Å². The van der Waals surface area contributed by atoms with Crippen molar-refractivity contribution >= 4 is 45.1 Å². The average Bonchev–Trinajstić information content (AvgIpc) is 2.58. The summed E-state index contributed by atoms with van der Waals surface area (Å²) in [6, 6.07) is 13.1. The summed E-state index contributed by atoms with van der Waals surface area (Å²) in [5, 5.41) is 15.1. The van der Waals surface area contributed by atoms with Crippen molar-refractivity contribution in [1.82, 2.24) is 15.0 Å². The molecule has 26 heavy (non-hydrogen) atoms. The van der Waals surface area contributed by atoms with Gasteiger partial charge in [-0.05, 0) is 71.2 Å². The van der Waals surface area contributed by atoms with Crippen molar-refractivity contribution in [1.29, 1.82) is 5.26 Å². The predicted octanol–water partition coefficient (Wildman–Crippen LogP) is 4.19. The fourth-order valence-corrected chi connectivity index (χ4v) is 3.22. The minimum absolute atomic E-state index is 0.0968. The topological polar surface area (TPSA) is 113 Å². The van der Waals surface area contributed by atoms with E-state index in [0.29, 0.717) is 17.5 Å². The van der Waals surface area contributed by atoms with E-state index in [1.807, 2.05) is 19.9 Å². The molecule has 0 unspecified atom stereocenters. The second kappa shape index (κ2) is 7.37. The highest BCUT2D eigenvalue weighted by Gasteiger charge is 2.10. The summed E-state index contributed by atoms with van der Waals surface area (Å²) in [7, 11) is 0. The maximum atomic E-state index is 8.86. The molecule has 0 atom stereocenters. The van der Waals surface area contributed by atoms with E-state index in [-0.39, 0.29) is 5.95 Å². The number of nitrogens with two attached hydrogens (primary N) is 1. The summed E-state index contributed by atoms with van der Waals surface area (Å²) < 4.78 is 0.913. The Bertz CT molecular complexity index is 970. The van der Waals surface area contributed by atoms with Gasteiger partial charge in [-0.25, -0.2) is 0 Å². The molecule has 0 spiro atoms. The van der Waals surface area contributed by atoms with Crippen LogP contribution in [0.4, 0.5) is 29.2 Å². The number of aromatic nitrogens is 3. The molecule has 1 heterocycles. The van der Waals surface area contributed by atoms with Crippen LogP contribution in [0.3, 0.4) is 0 Å². The number of rotatable bonds is 4. The lowest BCUT2D eigenvalue weighted by Gasteiger charge is -2.13. The molecular weight excluding hydrogens is 394 g/mol. The number of halogens is 1. The summed E-state index contributed by atoms with van der Waals surface area (Å²) in [6.45, 7) is 4.03. The van der Waals surface area contributed by atoms with Gasteiger partial charge in [-0.15, -0.1) is 0 Å². The minimum Gasteiger partial charge on any atom is -0.368 e. The second-order valence-corrected chi connectivity index (χ2v) is 6.57. The molecule has 8 heteroatoms. The Kier molecular flexibility index (Phi) is 5.00. The number of aryl methyl sites for hydroxylation is 2. The Morgan fingerprint density at radius 1 is 1.00 bits per heavy atom. The summed E-state index contributed by atoms with van der Waals surface area (Å²) in [4.78, 5) is 12.6. The van der Waals surface area contributed by atoms with Crippen LogP contribution in [-0.4, -0.2) is 15.0 Å². The molecule has 2 aromatic carbocycles. The van der Waals surface area contributed by atoms with E-state index in [0.717, 1.165) is 27.0 Å². The first-order chi connectivity index (χ1) is 12.4. The van der Waals surface area contributed by atoms with Gasteiger partial charge in [0.1, 0.15) is 0 Å². The van der Waals surface area contributed by atoms with E-state index in [2.05, 4.69) is 53.7 Å². The maximum absolute atomic E-state index is 8.86. The zero-order valence-electron chi connectivity index (χ0n) is 14.2. The lowest BCUT2D eigenvalue weighted by molar-refractivity contribution is 1.07. The normalized spacial score (nSPS) is 10.2. The third-order valence-electron chi connectivity index (χ3n) is 3.59. The van der Waals surface area contributed by atoms with Crippen LogP contribution in [-0.2, 0) is 0 Å². The first-order valence-electron chi connectivity index (χ1n) is 7.77. The van der Waals surface area contributed by atoms with Gasteiger partial charge in [0.05, 0.1) is 17.3 Å². The molecule has 0 amide bonds. The molecule has 4 N–H and O–H groups in total. The molecular formula is C18H16BrN7. The first kappa shape index (κ1) is 17.6.